The summed E-state index contributed by atoms with van der Waals surface area (Å²) in [7, 11) is 0. The third kappa shape index (κ3) is 2.53. The van der Waals surface area contributed by atoms with Crippen molar-refractivity contribution in [2.75, 3.05) is 5.32 Å². The second-order valence-electron chi connectivity index (χ2n) is 4.75. The number of hydrogen-bond acceptors (Lipinski definition) is 3. The third-order valence-corrected chi connectivity index (χ3v) is 3.90. The van der Waals surface area contributed by atoms with Crippen LogP contribution in [0.4, 0.5) is 5.69 Å². The molecule has 3 rings (SSSR count). The van der Waals surface area contributed by atoms with E-state index in [1.165, 1.54) is 0 Å². The first-order chi connectivity index (χ1) is 10.7. The minimum Gasteiger partial charge on any atom is -0.355 e. The predicted molar refractivity (Wildman–Crippen MR) is 90.3 cm³/mol. The van der Waals surface area contributed by atoms with E-state index in [0.29, 0.717) is 5.57 Å². The fraction of sp³-hybridized carbons (Fsp3) is 0. The molecule has 0 spiro atoms. The van der Waals surface area contributed by atoms with Gasteiger partial charge in [0.05, 0.1) is 0 Å². The Morgan fingerprint density at radius 3 is 2.50 bits per heavy atom. The SMILES string of the molecule is N#CC(C#N)=C1C=C(c2cccc(Br)c2)Nc2ccccc21. The molecule has 4 heteroatoms. The largest absolute Gasteiger partial charge is 0.355 e. The first-order valence-electron chi connectivity index (χ1n) is 6.61. The fourth-order valence-corrected chi connectivity index (χ4v) is 2.79. The zero-order valence-corrected chi connectivity index (χ0v) is 13.1. The van der Waals surface area contributed by atoms with Gasteiger partial charge in [-0.25, -0.2) is 0 Å². The second kappa shape index (κ2) is 5.89. The van der Waals surface area contributed by atoms with Crippen LogP contribution < -0.4 is 5.32 Å². The van der Waals surface area contributed by atoms with E-state index < -0.39 is 0 Å². The lowest BCUT2D eigenvalue weighted by Gasteiger charge is -2.21. The van der Waals surface area contributed by atoms with Crippen LogP contribution in [0.25, 0.3) is 11.3 Å². The van der Waals surface area contributed by atoms with Gasteiger partial charge in [-0.15, -0.1) is 0 Å². The van der Waals surface area contributed by atoms with Crippen molar-refractivity contribution in [2.24, 2.45) is 0 Å². The molecule has 1 aliphatic rings. The lowest BCUT2D eigenvalue weighted by molar-refractivity contribution is 1.43. The molecule has 0 aromatic heterocycles. The van der Waals surface area contributed by atoms with Gasteiger partial charge in [0, 0.05) is 27.0 Å². The van der Waals surface area contributed by atoms with E-state index in [-0.39, 0.29) is 5.57 Å². The first-order valence-corrected chi connectivity index (χ1v) is 7.41. The molecule has 0 radical (unpaired) electrons. The highest BCUT2D eigenvalue weighted by molar-refractivity contribution is 9.10. The average Bonchev–Trinajstić information content (AvgIpc) is 2.55. The molecule has 0 atom stereocenters. The molecule has 104 valence electrons. The molecule has 0 fully saturated rings. The molecule has 2 aromatic rings. The van der Waals surface area contributed by atoms with Gasteiger partial charge in [0.1, 0.15) is 17.7 Å². The van der Waals surface area contributed by atoms with Gasteiger partial charge in [-0.1, -0.05) is 46.3 Å². The number of nitrogens with one attached hydrogen (secondary N) is 1. The van der Waals surface area contributed by atoms with Crippen LogP contribution in [0.1, 0.15) is 11.1 Å². The molecule has 22 heavy (non-hydrogen) atoms. The summed E-state index contributed by atoms with van der Waals surface area (Å²) in [4.78, 5) is 0. The summed E-state index contributed by atoms with van der Waals surface area (Å²) in [6.45, 7) is 0. The summed E-state index contributed by atoms with van der Waals surface area (Å²) in [6.07, 6.45) is 1.85. The van der Waals surface area contributed by atoms with E-state index in [1.807, 2.05) is 66.7 Å². The Labute approximate surface area is 136 Å². The summed E-state index contributed by atoms with van der Waals surface area (Å²) in [5.41, 5.74) is 4.35. The standard InChI is InChI=1S/C18H10BrN3/c19-14-5-3-4-12(8-14)18-9-16(13(10-20)11-21)15-6-1-2-7-17(15)22-18/h1-9,22H. The molecule has 2 aromatic carbocycles. The van der Waals surface area contributed by atoms with Crippen molar-refractivity contribution in [3.05, 3.63) is 75.8 Å². The van der Waals surface area contributed by atoms with Crippen molar-refractivity contribution >= 4 is 32.9 Å². The number of benzene rings is 2. The van der Waals surface area contributed by atoms with E-state index in [9.17, 15) is 10.5 Å². The van der Waals surface area contributed by atoms with Gasteiger partial charge >= 0.3 is 0 Å². The average molecular weight is 348 g/mol. The van der Waals surface area contributed by atoms with Crippen molar-refractivity contribution < 1.29 is 0 Å². The monoisotopic (exact) mass is 347 g/mol. The van der Waals surface area contributed by atoms with E-state index in [2.05, 4.69) is 21.2 Å². The Morgan fingerprint density at radius 2 is 1.77 bits per heavy atom. The van der Waals surface area contributed by atoms with E-state index in [0.717, 1.165) is 27.0 Å². The number of nitriles is 2. The number of allylic oxidation sites excluding steroid dienone is 3. The molecule has 0 bridgehead atoms. The smallest absolute Gasteiger partial charge is 0.137 e. The molecule has 1 aliphatic heterocycles. The van der Waals surface area contributed by atoms with Crippen LogP contribution in [0, 0.1) is 22.7 Å². The lowest BCUT2D eigenvalue weighted by atomic mass is 9.93. The van der Waals surface area contributed by atoms with Crippen LogP contribution in [0.5, 0.6) is 0 Å². The van der Waals surface area contributed by atoms with E-state index in [1.54, 1.807) is 0 Å². The minimum atomic E-state index is 0.112. The number of anilines is 1. The van der Waals surface area contributed by atoms with Crippen molar-refractivity contribution in [3.8, 4) is 12.1 Å². The molecule has 0 saturated carbocycles. The van der Waals surface area contributed by atoms with Crippen molar-refractivity contribution in [1.82, 2.24) is 0 Å². The van der Waals surface area contributed by atoms with Crippen LogP contribution in [-0.4, -0.2) is 0 Å². The quantitative estimate of drug-likeness (QED) is 0.759. The number of hydrogen-bond donors (Lipinski definition) is 1. The van der Waals surface area contributed by atoms with Gasteiger partial charge in [-0.05, 0) is 29.8 Å². The van der Waals surface area contributed by atoms with Crippen LogP contribution in [0.3, 0.4) is 0 Å². The Bertz CT molecular complexity index is 879. The van der Waals surface area contributed by atoms with Gasteiger partial charge in [-0.2, -0.15) is 10.5 Å². The van der Waals surface area contributed by atoms with Gasteiger partial charge in [-0.3, -0.25) is 0 Å². The third-order valence-electron chi connectivity index (χ3n) is 3.40. The molecule has 0 unspecified atom stereocenters. The molecule has 0 aliphatic carbocycles. The van der Waals surface area contributed by atoms with Crippen molar-refractivity contribution in [3.63, 3.8) is 0 Å². The Morgan fingerprint density at radius 1 is 1.00 bits per heavy atom. The lowest BCUT2D eigenvalue weighted by Crippen LogP contribution is -2.07. The predicted octanol–water partition coefficient (Wildman–Crippen LogP) is 4.72. The van der Waals surface area contributed by atoms with Crippen LogP contribution in [0.2, 0.25) is 0 Å². The van der Waals surface area contributed by atoms with Crippen LogP contribution in [0.15, 0.2) is 64.7 Å². The highest BCUT2D eigenvalue weighted by Gasteiger charge is 2.18. The molecule has 0 amide bonds. The zero-order valence-electron chi connectivity index (χ0n) is 11.5. The molecular formula is C18H10BrN3. The minimum absolute atomic E-state index is 0.112. The molecule has 0 saturated heterocycles. The van der Waals surface area contributed by atoms with Gasteiger partial charge < -0.3 is 5.32 Å². The maximum atomic E-state index is 9.22. The van der Waals surface area contributed by atoms with Crippen molar-refractivity contribution in [2.45, 2.75) is 0 Å². The number of nitrogens with zero attached hydrogens (tertiary/aromatic N) is 2. The normalized spacial score (nSPS) is 12.3. The number of rotatable bonds is 1. The summed E-state index contributed by atoms with van der Waals surface area (Å²) in [5.74, 6) is 0. The highest BCUT2D eigenvalue weighted by atomic mass is 79.9. The highest BCUT2D eigenvalue weighted by Crippen LogP contribution is 2.36. The summed E-state index contributed by atoms with van der Waals surface area (Å²) in [5, 5.41) is 21.8. The van der Waals surface area contributed by atoms with Gasteiger partial charge in [0.25, 0.3) is 0 Å². The Balaban J connectivity index is 2.22. The van der Waals surface area contributed by atoms with Crippen LogP contribution >= 0.6 is 15.9 Å². The molecule has 1 heterocycles. The maximum Gasteiger partial charge on any atom is 0.137 e. The first kappa shape index (κ1) is 14.1. The van der Waals surface area contributed by atoms with Gasteiger partial charge in [0.15, 0.2) is 0 Å². The van der Waals surface area contributed by atoms with E-state index in [4.69, 9.17) is 0 Å². The maximum absolute atomic E-state index is 9.22. The van der Waals surface area contributed by atoms with Crippen LogP contribution in [-0.2, 0) is 0 Å². The zero-order chi connectivity index (χ0) is 15.5. The number of halogens is 1. The summed E-state index contributed by atoms with van der Waals surface area (Å²) >= 11 is 3.46. The number of para-hydroxylation sites is 1. The topological polar surface area (TPSA) is 59.6 Å². The van der Waals surface area contributed by atoms with Crippen molar-refractivity contribution in [1.29, 1.82) is 10.5 Å². The summed E-state index contributed by atoms with van der Waals surface area (Å²) in [6, 6.07) is 19.5. The molecule has 1 N–H and O–H groups in total. The Kier molecular flexibility index (Phi) is 3.78. The number of fused-ring (bicyclic) bond motifs is 1. The molecular weight excluding hydrogens is 338 g/mol. The molecule has 3 nitrogen and oxygen atoms in total. The second-order valence-corrected chi connectivity index (χ2v) is 5.67. The van der Waals surface area contributed by atoms with E-state index >= 15 is 0 Å². The fourth-order valence-electron chi connectivity index (χ4n) is 2.39. The van der Waals surface area contributed by atoms with Gasteiger partial charge in [0.2, 0.25) is 0 Å². The summed E-state index contributed by atoms with van der Waals surface area (Å²) < 4.78 is 0.970. The Hall–Kier alpha value is -2.82.